The van der Waals surface area contributed by atoms with Crippen LogP contribution in [0.1, 0.15) is 47.0 Å². The van der Waals surface area contributed by atoms with Gasteiger partial charge in [0.15, 0.2) is 0 Å². The molecule has 36 heavy (non-hydrogen) atoms. The molecule has 180 valence electrons. The van der Waals surface area contributed by atoms with Gasteiger partial charge in [-0.05, 0) is 0 Å². The van der Waals surface area contributed by atoms with Crippen LogP contribution >= 0.6 is 17.0 Å². The third-order valence-corrected chi connectivity index (χ3v) is 22.3. The Balaban J connectivity index is 1.52. The van der Waals surface area contributed by atoms with Crippen LogP contribution in [0.5, 0.6) is 0 Å². The van der Waals surface area contributed by atoms with Crippen molar-refractivity contribution in [3.05, 3.63) is 107 Å². The van der Waals surface area contributed by atoms with Crippen molar-refractivity contribution in [2.24, 2.45) is 0 Å². The van der Waals surface area contributed by atoms with Gasteiger partial charge < -0.3 is 0 Å². The van der Waals surface area contributed by atoms with E-state index in [4.69, 9.17) is 17.0 Å². The molecule has 0 saturated heterocycles. The van der Waals surface area contributed by atoms with Crippen molar-refractivity contribution < 1.29 is 17.9 Å². The van der Waals surface area contributed by atoms with Gasteiger partial charge in [0, 0.05) is 0 Å². The Morgan fingerprint density at radius 1 is 0.806 bits per heavy atom. The van der Waals surface area contributed by atoms with Crippen LogP contribution in [-0.2, 0) is 24.3 Å². The molecule has 0 N–H and O–H groups in total. The van der Waals surface area contributed by atoms with Gasteiger partial charge in [-0.2, -0.15) is 0 Å². The van der Waals surface area contributed by atoms with E-state index in [-0.39, 0.29) is 3.63 Å². The van der Waals surface area contributed by atoms with Crippen LogP contribution in [0.25, 0.3) is 28.3 Å². The second kappa shape index (κ2) is 9.88. The van der Waals surface area contributed by atoms with E-state index in [1.165, 1.54) is 58.2 Å². The summed E-state index contributed by atoms with van der Waals surface area (Å²) in [5.41, 5.74) is 11.0. The molecule has 1 heterocycles. The number of hydrogen-bond acceptors (Lipinski definition) is 0. The molecule has 6 rings (SSSR count). The van der Waals surface area contributed by atoms with E-state index in [0.717, 1.165) is 19.3 Å². The summed E-state index contributed by atoms with van der Waals surface area (Å²) in [6.07, 6.45) is 5.61. The SMILES string of the molecule is CCCc1ccc2c(c1-c1ccccc1)C=C(CC)[CH]2[Zr]([Cl])([Cl])[c]1cccc2c1[SiH2]c1ccccc1-2. The van der Waals surface area contributed by atoms with Crippen LogP contribution in [0.15, 0.2) is 90.5 Å². The summed E-state index contributed by atoms with van der Waals surface area (Å²) in [7, 11) is 14.9. The Morgan fingerprint density at radius 3 is 2.33 bits per heavy atom. The Morgan fingerprint density at radius 2 is 1.56 bits per heavy atom. The maximum atomic E-state index is 7.75. The Hall–Kier alpha value is -1.70. The van der Waals surface area contributed by atoms with Gasteiger partial charge in [-0.25, -0.2) is 0 Å². The fourth-order valence-electron chi connectivity index (χ4n) is 6.34. The van der Waals surface area contributed by atoms with Gasteiger partial charge in [0.2, 0.25) is 0 Å². The first-order valence-electron chi connectivity index (χ1n) is 13.0. The molecule has 4 aromatic carbocycles. The molecule has 0 spiro atoms. The van der Waals surface area contributed by atoms with Crippen molar-refractivity contribution in [1.29, 1.82) is 0 Å². The van der Waals surface area contributed by atoms with Crippen LogP contribution in [0.3, 0.4) is 0 Å². The molecule has 0 saturated carbocycles. The fourth-order valence-corrected chi connectivity index (χ4v) is 23.3. The number of fused-ring (bicyclic) bond motifs is 4. The number of hydrogen-bond donors (Lipinski definition) is 0. The molecule has 0 bridgehead atoms. The Bertz CT molecular complexity index is 1490. The number of benzene rings is 4. The molecule has 0 aromatic heterocycles. The van der Waals surface area contributed by atoms with Crippen LogP contribution in [0.4, 0.5) is 0 Å². The summed E-state index contributed by atoms with van der Waals surface area (Å²) in [6.45, 7) is 4.52. The molecule has 0 amide bonds. The Labute approximate surface area is 228 Å². The molecule has 2 aliphatic rings. The first-order chi connectivity index (χ1) is 17.5. The molecule has 1 unspecified atom stereocenters. The molecule has 1 atom stereocenters. The molecule has 0 radical (unpaired) electrons. The molecule has 4 heteroatoms. The first-order valence-corrected chi connectivity index (χ1v) is 23.4. The van der Waals surface area contributed by atoms with Crippen molar-refractivity contribution >= 4 is 46.3 Å². The quantitative estimate of drug-likeness (QED) is 0.183. The topological polar surface area (TPSA) is 0 Å². The van der Waals surface area contributed by atoms with Crippen LogP contribution in [0.2, 0.25) is 0 Å². The molecule has 0 nitrogen and oxygen atoms in total. The van der Waals surface area contributed by atoms with Crippen molar-refractivity contribution in [1.82, 2.24) is 0 Å². The third kappa shape index (κ3) is 3.97. The standard InChI is InChI=1S/C20H21.C12H9Si.2ClH.Zr/c1-3-8-16-11-12-18-13-15(4-2)14-19(18)20(16)17-9-6-5-7-10-17;1-3-7-11-9(5-1)10-6-2-4-8-12(10)13-11;;;/h5-7,9-14H,3-4,8H2,1-2H3;1-7H,13H2;2*1H;/q;;;;+2/p-2. The van der Waals surface area contributed by atoms with Crippen LogP contribution in [-0.4, -0.2) is 9.52 Å². The van der Waals surface area contributed by atoms with E-state index in [1.54, 1.807) is 0 Å². The van der Waals surface area contributed by atoms with Gasteiger partial charge in [-0.15, -0.1) is 0 Å². The zero-order valence-corrected chi connectivity index (χ0v) is 26.2. The number of halogens is 2. The van der Waals surface area contributed by atoms with Gasteiger partial charge in [-0.3, -0.25) is 0 Å². The van der Waals surface area contributed by atoms with Crippen molar-refractivity contribution in [2.75, 3.05) is 0 Å². The molecule has 1 aliphatic carbocycles. The third-order valence-electron chi connectivity index (χ3n) is 7.94. The zero-order chi connectivity index (χ0) is 24.9. The van der Waals surface area contributed by atoms with E-state index in [1.807, 2.05) is 0 Å². The second-order valence-corrected chi connectivity index (χ2v) is 25.8. The van der Waals surface area contributed by atoms with Gasteiger partial charge in [-0.1, -0.05) is 0 Å². The normalized spacial score (nSPS) is 16.6. The van der Waals surface area contributed by atoms with Gasteiger partial charge in [0.1, 0.15) is 0 Å². The van der Waals surface area contributed by atoms with E-state index in [9.17, 15) is 0 Å². The summed E-state index contributed by atoms with van der Waals surface area (Å²) < 4.78 is 1.45. The number of aryl methyl sites for hydroxylation is 1. The van der Waals surface area contributed by atoms with Crippen LogP contribution < -0.4 is 13.6 Å². The van der Waals surface area contributed by atoms with Gasteiger partial charge >= 0.3 is 230 Å². The van der Waals surface area contributed by atoms with E-state index in [0.29, 0.717) is 0 Å². The number of rotatable bonds is 6. The minimum atomic E-state index is -3.90. The van der Waals surface area contributed by atoms with Gasteiger partial charge in [0.25, 0.3) is 0 Å². The summed E-state index contributed by atoms with van der Waals surface area (Å²) in [5.74, 6) is 0. The average molecular weight is 605 g/mol. The van der Waals surface area contributed by atoms with Crippen molar-refractivity contribution in [3.8, 4) is 22.3 Å². The molecule has 4 aromatic rings. The molecule has 1 aliphatic heterocycles. The predicted octanol–water partition coefficient (Wildman–Crippen LogP) is 7.04. The zero-order valence-electron chi connectivity index (χ0n) is 20.8. The summed E-state index contributed by atoms with van der Waals surface area (Å²) in [6, 6.07) is 31.2. The first kappa shape index (κ1) is 24.6. The summed E-state index contributed by atoms with van der Waals surface area (Å²) in [5, 5.41) is 3.01. The molecular formula is C32H30Cl2SiZr. The van der Waals surface area contributed by atoms with E-state index >= 15 is 0 Å². The average Bonchev–Trinajstić information content (AvgIpc) is 3.48. The van der Waals surface area contributed by atoms with Gasteiger partial charge in [0.05, 0.1) is 0 Å². The number of allylic oxidation sites excluding steroid dienone is 1. The van der Waals surface area contributed by atoms with E-state index in [2.05, 4.69) is 105 Å². The second-order valence-electron chi connectivity index (χ2n) is 10.0. The van der Waals surface area contributed by atoms with Crippen LogP contribution in [0, 0.1) is 0 Å². The fraction of sp³-hybridized carbons (Fsp3) is 0.188. The molecular weight excluding hydrogens is 575 g/mol. The summed E-state index contributed by atoms with van der Waals surface area (Å²) in [4.78, 5) is 0. The molecule has 0 fully saturated rings. The van der Waals surface area contributed by atoms with Crippen molar-refractivity contribution in [3.63, 3.8) is 0 Å². The monoisotopic (exact) mass is 602 g/mol. The van der Waals surface area contributed by atoms with Crippen molar-refractivity contribution in [2.45, 2.75) is 36.7 Å². The summed E-state index contributed by atoms with van der Waals surface area (Å²) >= 11 is -3.90. The minimum absolute atomic E-state index is 0.144. The van der Waals surface area contributed by atoms with E-state index < -0.39 is 27.4 Å². The predicted molar refractivity (Wildman–Crippen MR) is 158 cm³/mol. The Kier molecular flexibility index (Phi) is 6.76. The maximum absolute atomic E-state index is 7.75.